The molecule has 7 nitrogen and oxygen atoms in total. The van der Waals surface area contributed by atoms with E-state index in [-0.39, 0.29) is 5.91 Å². The van der Waals surface area contributed by atoms with Gasteiger partial charge in [0.25, 0.3) is 5.91 Å². The first kappa shape index (κ1) is 31.4. The number of carbonyl (C=O) groups is 1. The van der Waals surface area contributed by atoms with Gasteiger partial charge in [0.1, 0.15) is 11.0 Å². The highest BCUT2D eigenvalue weighted by Crippen LogP contribution is 2.28. The Kier molecular flexibility index (Phi) is 10.6. The minimum absolute atomic E-state index is 0.0525. The summed E-state index contributed by atoms with van der Waals surface area (Å²) in [6.45, 7) is 7.41. The molecule has 0 spiro atoms. The van der Waals surface area contributed by atoms with Crippen LogP contribution in [0.25, 0.3) is 6.08 Å². The van der Waals surface area contributed by atoms with Crippen molar-refractivity contribution in [1.82, 2.24) is 19.8 Å². The summed E-state index contributed by atoms with van der Waals surface area (Å²) in [6.07, 6.45) is 4.40. The Hall–Kier alpha value is -3.56. The molecule has 0 saturated carbocycles. The molecule has 4 aromatic rings. The normalized spacial score (nSPS) is 16.0. The highest BCUT2D eigenvalue weighted by molar-refractivity contribution is 7.98. The fraction of sp³-hybridized carbons (Fsp3) is 0.286. The number of halogens is 2. The van der Waals surface area contributed by atoms with Crippen LogP contribution in [-0.4, -0.2) is 84.6 Å². The molecule has 0 aliphatic carbocycles. The molecule has 3 heterocycles. The van der Waals surface area contributed by atoms with Crippen molar-refractivity contribution in [2.75, 3.05) is 68.7 Å². The summed E-state index contributed by atoms with van der Waals surface area (Å²) in [5.74, 6) is 1.55. The predicted molar refractivity (Wildman–Crippen MR) is 187 cm³/mol. The summed E-state index contributed by atoms with van der Waals surface area (Å²) in [6, 6.07) is 27.9. The van der Waals surface area contributed by atoms with Gasteiger partial charge < -0.3 is 14.7 Å². The molecule has 0 bridgehead atoms. The third kappa shape index (κ3) is 8.38. The molecule has 1 aromatic heterocycles. The maximum absolute atomic E-state index is 13.4. The Balaban J connectivity index is 1.01. The van der Waals surface area contributed by atoms with Gasteiger partial charge in [0, 0.05) is 76.3 Å². The molecular formula is C35H36Cl2N6OS. The van der Waals surface area contributed by atoms with E-state index in [9.17, 15) is 4.79 Å². The quantitative estimate of drug-likeness (QED) is 0.110. The lowest BCUT2D eigenvalue weighted by Crippen LogP contribution is -2.48. The van der Waals surface area contributed by atoms with Crippen LogP contribution >= 0.6 is 35.0 Å². The summed E-state index contributed by atoms with van der Waals surface area (Å²) in [5, 5.41) is 1.82. The van der Waals surface area contributed by atoms with Crippen LogP contribution in [0.5, 0.6) is 0 Å². The van der Waals surface area contributed by atoms with Crippen LogP contribution in [0.3, 0.4) is 0 Å². The van der Waals surface area contributed by atoms with Gasteiger partial charge in [-0.2, -0.15) is 0 Å². The Morgan fingerprint density at radius 3 is 2.29 bits per heavy atom. The van der Waals surface area contributed by atoms with Crippen molar-refractivity contribution in [1.29, 1.82) is 0 Å². The lowest BCUT2D eigenvalue weighted by molar-refractivity contribution is 0.0746. The largest absolute Gasteiger partial charge is 0.367 e. The van der Waals surface area contributed by atoms with Gasteiger partial charge in [0.05, 0.1) is 10.7 Å². The van der Waals surface area contributed by atoms with E-state index in [0.29, 0.717) is 34.7 Å². The smallest absolute Gasteiger partial charge is 0.253 e. The second-order valence-electron chi connectivity index (χ2n) is 11.2. The van der Waals surface area contributed by atoms with Crippen LogP contribution in [0.1, 0.15) is 21.5 Å². The van der Waals surface area contributed by atoms with Crippen molar-refractivity contribution >= 4 is 58.5 Å². The fourth-order valence-corrected chi connectivity index (χ4v) is 6.94. The number of carbonyl (C=O) groups excluding carboxylic acids is 1. The number of anilines is 2. The lowest BCUT2D eigenvalue weighted by Gasteiger charge is -2.36. The van der Waals surface area contributed by atoms with Gasteiger partial charge in [-0.25, -0.2) is 9.97 Å². The van der Waals surface area contributed by atoms with Crippen molar-refractivity contribution in [3.63, 3.8) is 0 Å². The highest BCUT2D eigenvalue weighted by Gasteiger charge is 2.24. The molecule has 6 rings (SSSR count). The van der Waals surface area contributed by atoms with Crippen LogP contribution in [-0.2, 0) is 5.75 Å². The Labute approximate surface area is 279 Å². The van der Waals surface area contributed by atoms with Crippen molar-refractivity contribution in [2.45, 2.75) is 10.9 Å². The first-order valence-electron chi connectivity index (χ1n) is 15.3. The number of hydrogen-bond donors (Lipinski definition) is 0. The molecule has 2 saturated heterocycles. The molecule has 45 heavy (non-hydrogen) atoms. The zero-order valence-corrected chi connectivity index (χ0v) is 27.4. The van der Waals surface area contributed by atoms with Gasteiger partial charge in [-0.15, -0.1) is 0 Å². The van der Waals surface area contributed by atoms with Gasteiger partial charge in [-0.05, 0) is 35.4 Å². The molecule has 232 valence electrons. The van der Waals surface area contributed by atoms with Crippen LogP contribution in [0, 0.1) is 0 Å². The number of rotatable bonds is 9. The standard InChI is InChI=1S/C35H36Cl2N6OS/c36-30-13-4-5-14-31(30)41-20-22-43(23-21-41)34(44)29-12-6-10-28(24-29)26-45-35-38-32(37)25-33(39-35)42-18-16-40(17-19-42)15-7-11-27-8-2-1-3-9-27/h1-14,24-25H,15-23,26H2. The zero-order chi connectivity index (χ0) is 31.0. The zero-order valence-electron chi connectivity index (χ0n) is 25.1. The van der Waals surface area contributed by atoms with E-state index in [2.05, 4.69) is 56.1 Å². The topological polar surface area (TPSA) is 55.8 Å². The van der Waals surface area contributed by atoms with E-state index in [1.165, 1.54) is 17.3 Å². The number of piperazine rings is 2. The third-order valence-electron chi connectivity index (χ3n) is 8.13. The van der Waals surface area contributed by atoms with Crippen molar-refractivity contribution in [3.8, 4) is 0 Å². The number of aromatic nitrogens is 2. The van der Waals surface area contributed by atoms with Crippen molar-refractivity contribution in [2.24, 2.45) is 0 Å². The molecular weight excluding hydrogens is 623 g/mol. The van der Waals surface area contributed by atoms with Gasteiger partial charge >= 0.3 is 0 Å². The Morgan fingerprint density at radius 1 is 0.778 bits per heavy atom. The summed E-state index contributed by atoms with van der Waals surface area (Å²) in [4.78, 5) is 31.6. The van der Waals surface area contributed by atoms with E-state index < -0.39 is 0 Å². The predicted octanol–water partition coefficient (Wildman–Crippen LogP) is 6.87. The fourth-order valence-electron chi connectivity index (χ4n) is 5.66. The van der Waals surface area contributed by atoms with E-state index >= 15 is 0 Å². The van der Waals surface area contributed by atoms with Gasteiger partial charge in [0.2, 0.25) is 0 Å². The van der Waals surface area contributed by atoms with E-state index in [4.69, 9.17) is 28.2 Å². The number of benzene rings is 3. The molecule has 2 aliphatic rings. The van der Waals surface area contributed by atoms with E-state index in [1.54, 1.807) is 0 Å². The molecule has 10 heteroatoms. The molecule has 2 fully saturated rings. The molecule has 3 aromatic carbocycles. The van der Waals surface area contributed by atoms with Crippen LogP contribution in [0.15, 0.2) is 96.2 Å². The van der Waals surface area contributed by atoms with Gasteiger partial charge in [-0.3, -0.25) is 9.69 Å². The first-order valence-corrected chi connectivity index (χ1v) is 17.0. The van der Waals surface area contributed by atoms with Gasteiger partial charge in [0.15, 0.2) is 5.16 Å². The SMILES string of the molecule is O=C(c1cccc(CSc2nc(Cl)cc(N3CCN(CC=Cc4ccccc4)CC3)n2)c1)N1CCN(c2ccccc2Cl)CC1. The average Bonchev–Trinajstić information content (AvgIpc) is 3.08. The number of thioether (sulfide) groups is 1. The maximum atomic E-state index is 13.4. The Bertz CT molecular complexity index is 1620. The summed E-state index contributed by atoms with van der Waals surface area (Å²) < 4.78 is 0. The van der Waals surface area contributed by atoms with Crippen molar-refractivity contribution in [3.05, 3.63) is 118 Å². The van der Waals surface area contributed by atoms with E-state index in [1.807, 2.05) is 65.6 Å². The lowest BCUT2D eigenvalue weighted by atomic mass is 10.1. The number of para-hydroxylation sites is 1. The molecule has 0 N–H and O–H groups in total. The van der Waals surface area contributed by atoms with Crippen molar-refractivity contribution < 1.29 is 4.79 Å². The summed E-state index contributed by atoms with van der Waals surface area (Å²) >= 11 is 14.4. The molecule has 2 aliphatic heterocycles. The monoisotopic (exact) mass is 658 g/mol. The number of hydrogen-bond acceptors (Lipinski definition) is 7. The summed E-state index contributed by atoms with van der Waals surface area (Å²) in [7, 11) is 0. The second kappa shape index (κ2) is 15.1. The minimum Gasteiger partial charge on any atom is -0.367 e. The number of nitrogens with zero attached hydrogens (tertiary/aromatic N) is 6. The Morgan fingerprint density at radius 2 is 1.51 bits per heavy atom. The third-order valence-corrected chi connectivity index (χ3v) is 9.56. The summed E-state index contributed by atoms with van der Waals surface area (Å²) in [5.41, 5.74) is 3.98. The maximum Gasteiger partial charge on any atom is 0.253 e. The van der Waals surface area contributed by atoms with Crippen LogP contribution in [0.2, 0.25) is 10.2 Å². The molecule has 0 radical (unpaired) electrons. The van der Waals surface area contributed by atoms with E-state index in [0.717, 1.165) is 67.9 Å². The average molecular weight is 660 g/mol. The van der Waals surface area contributed by atoms with Crippen LogP contribution < -0.4 is 9.80 Å². The second-order valence-corrected chi connectivity index (χ2v) is 12.9. The first-order chi connectivity index (χ1) is 22.0. The molecule has 0 unspecified atom stereocenters. The van der Waals surface area contributed by atoms with Crippen LogP contribution in [0.4, 0.5) is 11.5 Å². The van der Waals surface area contributed by atoms with Gasteiger partial charge in [-0.1, -0.05) is 102 Å². The highest BCUT2D eigenvalue weighted by atomic mass is 35.5. The minimum atomic E-state index is 0.0525. The molecule has 1 amide bonds. The number of amides is 1. The molecule has 0 atom stereocenters.